The summed E-state index contributed by atoms with van der Waals surface area (Å²) >= 11 is 0. The van der Waals surface area contributed by atoms with Gasteiger partial charge in [-0.25, -0.2) is 4.79 Å². The van der Waals surface area contributed by atoms with Crippen LogP contribution in [-0.4, -0.2) is 35.0 Å². The van der Waals surface area contributed by atoms with Gasteiger partial charge in [-0.15, -0.1) is 6.58 Å². The molecule has 1 heterocycles. The van der Waals surface area contributed by atoms with E-state index in [0.29, 0.717) is 16.9 Å². The maximum atomic E-state index is 12.5. The summed E-state index contributed by atoms with van der Waals surface area (Å²) in [6.07, 6.45) is 3.29. The summed E-state index contributed by atoms with van der Waals surface area (Å²) in [5.41, 5.74) is 1.07. The first kappa shape index (κ1) is 19.0. The fraction of sp³-hybridized carbons (Fsp3) is 0.471. The van der Waals surface area contributed by atoms with Crippen molar-refractivity contribution in [3.05, 3.63) is 36.7 Å². The average Bonchev–Trinajstić information content (AvgIpc) is 2.78. The highest BCUT2D eigenvalue weighted by Gasteiger charge is 2.28. The molecule has 0 aliphatic rings. The highest BCUT2D eigenvalue weighted by molar-refractivity contribution is 5.91. The number of aliphatic hydroxyl groups excluding tert-OH is 1. The maximum absolute atomic E-state index is 12.5. The van der Waals surface area contributed by atoms with E-state index in [0.717, 1.165) is 0 Å². The summed E-state index contributed by atoms with van der Waals surface area (Å²) in [4.78, 5) is 13.9. The Balaban J connectivity index is 3.35. The van der Waals surface area contributed by atoms with E-state index in [-0.39, 0.29) is 6.54 Å². The molecule has 1 aromatic heterocycles. The Kier molecular flexibility index (Phi) is 6.18. The molecule has 0 aliphatic heterocycles. The molecule has 0 aliphatic carbocycles. The molecule has 0 bridgehead atoms. The average molecular weight is 322 g/mol. The van der Waals surface area contributed by atoms with Gasteiger partial charge < -0.3 is 19.1 Å². The van der Waals surface area contributed by atoms with Gasteiger partial charge in [0.15, 0.2) is 6.29 Å². The van der Waals surface area contributed by atoms with Crippen LogP contribution in [0.2, 0.25) is 0 Å². The summed E-state index contributed by atoms with van der Waals surface area (Å²) < 4.78 is 12.1. The van der Waals surface area contributed by atoms with E-state index in [1.165, 1.54) is 12.0 Å². The molecule has 0 fully saturated rings. The number of aromatic nitrogens is 1. The summed E-state index contributed by atoms with van der Waals surface area (Å²) in [6.45, 7) is 13.1. The van der Waals surface area contributed by atoms with Crippen LogP contribution < -0.4 is 4.90 Å². The van der Waals surface area contributed by atoms with Crippen molar-refractivity contribution < 1.29 is 19.4 Å². The van der Waals surface area contributed by atoms with Crippen molar-refractivity contribution in [3.63, 3.8) is 0 Å². The molecule has 0 aromatic carbocycles. The van der Waals surface area contributed by atoms with Gasteiger partial charge in [-0.2, -0.15) is 0 Å². The van der Waals surface area contributed by atoms with Gasteiger partial charge in [0.25, 0.3) is 0 Å². The number of ether oxygens (including phenoxy) is 2. The highest BCUT2D eigenvalue weighted by Crippen LogP contribution is 2.32. The fourth-order valence-electron chi connectivity index (χ4n) is 2.20. The van der Waals surface area contributed by atoms with Gasteiger partial charge in [0.1, 0.15) is 5.60 Å². The molecule has 1 aromatic rings. The Morgan fingerprint density at radius 1 is 1.48 bits per heavy atom. The second kappa shape index (κ2) is 7.48. The molecule has 128 valence electrons. The molecule has 1 N–H and O–H groups in total. The van der Waals surface area contributed by atoms with Gasteiger partial charge in [0, 0.05) is 32.5 Å². The molecule has 0 radical (unpaired) electrons. The van der Waals surface area contributed by atoms with Crippen LogP contribution in [-0.2, 0) is 16.5 Å². The lowest BCUT2D eigenvalue weighted by atomic mass is 10.2. The van der Waals surface area contributed by atoms with E-state index in [9.17, 15) is 9.90 Å². The minimum absolute atomic E-state index is 0.266. The highest BCUT2D eigenvalue weighted by atomic mass is 16.6. The van der Waals surface area contributed by atoms with Crippen LogP contribution in [0, 0.1) is 0 Å². The first-order valence-electron chi connectivity index (χ1n) is 7.30. The van der Waals surface area contributed by atoms with E-state index >= 15 is 0 Å². The molecular weight excluding hydrogens is 296 g/mol. The van der Waals surface area contributed by atoms with Crippen molar-refractivity contribution >= 4 is 17.9 Å². The zero-order valence-electron chi connectivity index (χ0n) is 14.5. The van der Waals surface area contributed by atoms with Crippen LogP contribution in [0.4, 0.5) is 10.5 Å². The number of aryl methyl sites for hydroxylation is 1. The van der Waals surface area contributed by atoms with Crippen LogP contribution >= 0.6 is 0 Å². The van der Waals surface area contributed by atoms with E-state index in [1.54, 1.807) is 50.7 Å². The molecule has 0 saturated carbocycles. The third kappa shape index (κ3) is 4.46. The third-order valence-electron chi connectivity index (χ3n) is 3.13. The normalized spacial score (nSPS) is 12.6. The number of rotatable bonds is 6. The Hall–Kier alpha value is -2.05. The van der Waals surface area contributed by atoms with Crippen LogP contribution in [0.25, 0.3) is 6.08 Å². The zero-order valence-corrected chi connectivity index (χ0v) is 14.5. The Morgan fingerprint density at radius 2 is 2.09 bits per heavy atom. The van der Waals surface area contributed by atoms with Crippen molar-refractivity contribution in [2.24, 2.45) is 7.05 Å². The first-order chi connectivity index (χ1) is 10.7. The van der Waals surface area contributed by atoms with Crippen molar-refractivity contribution in [2.45, 2.75) is 32.7 Å². The molecule has 6 nitrogen and oxygen atoms in total. The van der Waals surface area contributed by atoms with Gasteiger partial charge in [0.05, 0.1) is 11.4 Å². The molecule has 1 atom stereocenters. The number of nitrogens with zero attached hydrogens (tertiary/aromatic N) is 2. The third-order valence-corrected chi connectivity index (χ3v) is 3.13. The Labute approximate surface area is 137 Å². The summed E-state index contributed by atoms with van der Waals surface area (Å²) in [5, 5.41) is 10.0. The SMILES string of the molecule is C=CCN(C(=O)OC(C)(C)C)c1cn(C)c(C(O)OC)c1C=C. The minimum Gasteiger partial charge on any atom is -0.443 e. The van der Waals surface area contributed by atoms with Gasteiger partial charge in [-0.1, -0.05) is 18.7 Å². The topological polar surface area (TPSA) is 63.9 Å². The van der Waals surface area contributed by atoms with Crippen LogP contribution in [0.1, 0.15) is 38.3 Å². The number of carbonyl (C=O) groups is 1. The molecule has 0 spiro atoms. The molecule has 1 rings (SSSR count). The van der Waals surface area contributed by atoms with Crippen molar-refractivity contribution in [2.75, 3.05) is 18.6 Å². The molecule has 1 amide bonds. The Bertz CT molecular complexity index is 584. The number of amides is 1. The number of anilines is 1. The molecule has 23 heavy (non-hydrogen) atoms. The van der Waals surface area contributed by atoms with Gasteiger partial charge in [-0.3, -0.25) is 4.90 Å². The smallest absolute Gasteiger partial charge is 0.415 e. The fourth-order valence-corrected chi connectivity index (χ4v) is 2.20. The van der Waals surface area contributed by atoms with Gasteiger partial charge >= 0.3 is 6.09 Å². The van der Waals surface area contributed by atoms with E-state index in [2.05, 4.69) is 13.2 Å². The molecular formula is C17H26N2O4. The number of hydrogen-bond donors (Lipinski definition) is 1. The summed E-state index contributed by atoms with van der Waals surface area (Å²) in [7, 11) is 3.16. The summed E-state index contributed by atoms with van der Waals surface area (Å²) in [6, 6.07) is 0. The first-order valence-corrected chi connectivity index (χ1v) is 7.30. The largest absolute Gasteiger partial charge is 0.443 e. The number of hydrogen-bond acceptors (Lipinski definition) is 4. The van der Waals surface area contributed by atoms with Crippen LogP contribution in [0.5, 0.6) is 0 Å². The molecule has 0 saturated heterocycles. The lowest BCUT2D eigenvalue weighted by Crippen LogP contribution is -2.37. The van der Waals surface area contributed by atoms with Gasteiger partial charge in [-0.05, 0) is 20.8 Å². The Morgan fingerprint density at radius 3 is 2.52 bits per heavy atom. The van der Waals surface area contributed by atoms with Crippen molar-refractivity contribution in [1.29, 1.82) is 0 Å². The number of aliphatic hydroxyl groups is 1. The van der Waals surface area contributed by atoms with Crippen molar-refractivity contribution in [3.8, 4) is 0 Å². The van der Waals surface area contributed by atoms with Gasteiger partial charge in [0.2, 0.25) is 0 Å². The van der Waals surface area contributed by atoms with E-state index < -0.39 is 18.0 Å². The van der Waals surface area contributed by atoms with E-state index in [4.69, 9.17) is 9.47 Å². The van der Waals surface area contributed by atoms with E-state index in [1.807, 2.05) is 0 Å². The number of methoxy groups -OCH3 is 1. The lowest BCUT2D eigenvalue weighted by Gasteiger charge is -2.26. The summed E-state index contributed by atoms with van der Waals surface area (Å²) in [5.74, 6) is 0. The predicted octanol–water partition coefficient (Wildman–Crippen LogP) is 3.23. The van der Waals surface area contributed by atoms with Crippen LogP contribution in [0.3, 0.4) is 0 Å². The quantitative estimate of drug-likeness (QED) is 0.645. The zero-order chi connectivity index (χ0) is 17.8. The monoisotopic (exact) mass is 322 g/mol. The predicted molar refractivity (Wildman–Crippen MR) is 91.2 cm³/mol. The van der Waals surface area contributed by atoms with Crippen molar-refractivity contribution in [1.82, 2.24) is 4.57 Å². The number of carbonyl (C=O) groups excluding carboxylic acids is 1. The molecule has 6 heteroatoms. The second-order valence-corrected chi connectivity index (χ2v) is 6.10. The maximum Gasteiger partial charge on any atom is 0.415 e. The van der Waals surface area contributed by atoms with Crippen LogP contribution in [0.15, 0.2) is 25.4 Å². The molecule has 1 unspecified atom stereocenters. The second-order valence-electron chi connectivity index (χ2n) is 6.10. The minimum atomic E-state index is -1.12. The lowest BCUT2D eigenvalue weighted by molar-refractivity contribution is -0.0816. The standard InChI is InChI=1S/C17H26N2O4/c1-8-10-19(16(21)23-17(3,4)5)13-11-18(6)14(12(13)9-2)15(20)22-7/h8-9,11,15,20H,1-2,10H2,3-7H3.